The van der Waals surface area contributed by atoms with Gasteiger partial charge in [-0.3, -0.25) is 0 Å². The highest BCUT2D eigenvalue weighted by molar-refractivity contribution is 5.78. The highest BCUT2D eigenvalue weighted by Crippen LogP contribution is 2.37. The Balaban J connectivity index is 1.66. The van der Waals surface area contributed by atoms with Crippen LogP contribution in [0.2, 0.25) is 0 Å². The van der Waals surface area contributed by atoms with Gasteiger partial charge in [-0.15, -0.1) is 0 Å². The van der Waals surface area contributed by atoms with Crippen LogP contribution in [0.4, 0.5) is 17.1 Å². The lowest BCUT2D eigenvalue weighted by atomic mass is 10.0. The molecule has 0 heterocycles. The SMILES string of the molecule is Cc1ccc(-c2ccc(N(c3ccc(OCCO)cc3)c3ccc(OCCO)cc3)cc2)cc1. The molecule has 34 heavy (non-hydrogen) atoms. The number of aliphatic hydroxyl groups is 2. The van der Waals surface area contributed by atoms with Crippen LogP contribution < -0.4 is 14.4 Å². The second-order valence-electron chi connectivity index (χ2n) is 7.88. The number of aryl methyl sites for hydroxylation is 1. The van der Waals surface area contributed by atoms with E-state index in [0.717, 1.165) is 22.6 Å². The zero-order valence-electron chi connectivity index (χ0n) is 19.2. The summed E-state index contributed by atoms with van der Waals surface area (Å²) in [5.74, 6) is 1.42. The number of nitrogens with zero attached hydrogens (tertiary/aromatic N) is 1. The van der Waals surface area contributed by atoms with Crippen LogP contribution in [0, 0.1) is 6.92 Å². The maximum atomic E-state index is 9.01. The number of ether oxygens (including phenoxy) is 2. The van der Waals surface area contributed by atoms with Gasteiger partial charge in [0, 0.05) is 17.1 Å². The van der Waals surface area contributed by atoms with Gasteiger partial charge in [-0.2, -0.15) is 0 Å². The van der Waals surface area contributed by atoms with Gasteiger partial charge in [0.25, 0.3) is 0 Å². The Morgan fingerprint density at radius 2 is 0.882 bits per heavy atom. The van der Waals surface area contributed by atoms with Crippen molar-refractivity contribution in [2.45, 2.75) is 6.92 Å². The molecule has 0 saturated carbocycles. The molecular weight excluding hydrogens is 426 g/mol. The van der Waals surface area contributed by atoms with E-state index in [-0.39, 0.29) is 26.4 Å². The van der Waals surface area contributed by atoms with Crippen LogP contribution in [-0.4, -0.2) is 36.6 Å². The van der Waals surface area contributed by atoms with Gasteiger partial charge in [-0.25, -0.2) is 0 Å². The van der Waals surface area contributed by atoms with E-state index in [1.165, 1.54) is 11.1 Å². The first-order valence-corrected chi connectivity index (χ1v) is 11.3. The molecule has 0 bridgehead atoms. The van der Waals surface area contributed by atoms with E-state index in [1.807, 2.05) is 48.5 Å². The van der Waals surface area contributed by atoms with Crippen LogP contribution in [0.1, 0.15) is 5.56 Å². The molecule has 4 aromatic carbocycles. The molecule has 2 N–H and O–H groups in total. The molecular formula is C29H29NO4. The summed E-state index contributed by atoms with van der Waals surface area (Å²) in [4.78, 5) is 2.16. The van der Waals surface area contributed by atoms with Gasteiger partial charge >= 0.3 is 0 Å². The summed E-state index contributed by atoms with van der Waals surface area (Å²) >= 11 is 0. The quantitative estimate of drug-likeness (QED) is 0.313. The smallest absolute Gasteiger partial charge is 0.119 e. The molecule has 0 fully saturated rings. The molecule has 0 atom stereocenters. The molecule has 4 aromatic rings. The Morgan fingerprint density at radius 3 is 1.26 bits per heavy atom. The number of hydrogen-bond acceptors (Lipinski definition) is 5. The molecule has 0 unspecified atom stereocenters. The van der Waals surface area contributed by atoms with Gasteiger partial charge in [-0.05, 0) is 78.7 Å². The monoisotopic (exact) mass is 455 g/mol. The predicted octanol–water partition coefficient (Wildman–Crippen LogP) is 5.87. The van der Waals surface area contributed by atoms with Crippen molar-refractivity contribution in [2.75, 3.05) is 31.3 Å². The molecule has 5 nitrogen and oxygen atoms in total. The molecule has 4 rings (SSSR count). The van der Waals surface area contributed by atoms with E-state index in [4.69, 9.17) is 19.7 Å². The average Bonchev–Trinajstić information content (AvgIpc) is 2.89. The second kappa shape index (κ2) is 11.4. The van der Waals surface area contributed by atoms with E-state index in [9.17, 15) is 0 Å². The molecule has 0 amide bonds. The van der Waals surface area contributed by atoms with Crippen molar-refractivity contribution in [2.24, 2.45) is 0 Å². The van der Waals surface area contributed by atoms with Crippen LogP contribution >= 0.6 is 0 Å². The minimum absolute atomic E-state index is 0.0219. The Bertz CT molecular complexity index is 1100. The Morgan fingerprint density at radius 1 is 0.529 bits per heavy atom. The molecule has 0 radical (unpaired) electrons. The lowest BCUT2D eigenvalue weighted by Gasteiger charge is -2.26. The summed E-state index contributed by atoms with van der Waals surface area (Å²) in [5, 5.41) is 18.0. The van der Waals surface area contributed by atoms with Gasteiger partial charge < -0.3 is 24.6 Å². The number of aliphatic hydroxyl groups excluding tert-OH is 2. The molecule has 0 aromatic heterocycles. The van der Waals surface area contributed by atoms with E-state index < -0.39 is 0 Å². The fourth-order valence-electron chi connectivity index (χ4n) is 3.71. The van der Waals surface area contributed by atoms with E-state index in [0.29, 0.717) is 11.5 Å². The van der Waals surface area contributed by atoms with Crippen LogP contribution in [0.3, 0.4) is 0 Å². The van der Waals surface area contributed by atoms with Gasteiger partial charge in [0.2, 0.25) is 0 Å². The normalized spacial score (nSPS) is 10.7. The van der Waals surface area contributed by atoms with Gasteiger partial charge in [0.05, 0.1) is 13.2 Å². The average molecular weight is 456 g/mol. The maximum absolute atomic E-state index is 9.01. The fourth-order valence-corrected chi connectivity index (χ4v) is 3.71. The minimum atomic E-state index is -0.0219. The van der Waals surface area contributed by atoms with E-state index in [1.54, 1.807) is 0 Å². The number of hydrogen-bond donors (Lipinski definition) is 2. The number of benzene rings is 4. The Labute approximate surface area is 200 Å². The summed E-state index contributed by atoms with van der Waals surface area (Å²) in [7, 11) is 0. The van der Waals surface area contributed by atoms with Crippen LogP contribution in [0.25, 0.3) is 11.1 Å². The molecule has 0 aliphatic heterocycles. The molecule has 0 aliphatic rings. The third kappa shape index (κ3) is 5.76. The molecule has 0 aliphatic carbocycles. The lowest BCUT2D eigenvalue weighted by molar-refractivity contribution is 0.201. The maximum Gasteiger partial charge on any atom is 0.119 e. The van der Waals surface area contributed by atoms with Crippen molar-refractivity contribution in [3.05, 3.63) is 103 Å². The van der Waals surface area contributed by atoms with Crippen molar-refractivity contribution in [1.29, 1.82) is 0 Å². The molecule has 174 valence electrons. The van der Waals surface area contributed by atoms with Gasteiger partial charge in [0.15, 0.2) is 0 Å². The summed E-state index contributed by atoms with van der Waals surface area (Å²) in [6.07, 6.45) is 0. The first kappa shape index (κ1) is 23.4. The third-order valence-corrected chi connectivity index (χ3v) is 5.42. The van der Waals surface area contributed by atoms with E-state index >= 15 is 0 Å². The second-order valence-corrected chi connectivity index (χ2v) is 7.88. The molecule has 0 saturated heterocycles. The zero-order chi connectivity index (χ0) is 23.8. The van der Waals surface area contributed by atoms with Crippen LogP contribution in [0.5, 0.6) is 11.5 Å². The molecule has 5 heteroatoms. The largest absolute Gasteiger partial charge is 0.491 e. The number of anilines is 3. The van der Waals surface area contributed by atoms with Gasteiger partial charge in [-0.1, -0.05) is 42.0 Å². The number of rotatable bonds is 10. The zero-order valence-corrected chi connectivity index (χ0v) is 19.2. The van der Waals surface area contributed by atoms with Crippen molar-refractivity contribution < 1.29 is 19.7 Å². The lowest BCUT2D eigenvalue weighted by Crippen LogP contribution is -2.10. The Hall–Kier alpha value is -3.80. The van der Waals surface area contributed by atoms with Crippen molar-refractivity contribution in [3.8, 4) is 22.6 Å². The first-order valence-electron chi connectivity index (χ1n) is 11.3. The fraction of sp³-hybridized carbons (Fsp3) is 0.172. The van der Waals surface area contributed by atoms with Gasteiger partial charge in [0.1, 0.15) is 24.7 Å². The molecule has 0 spiro atoms. The van der Waals surface area contributed by atoms with Crippen molar-refractivity contribution in [3.63, 3.8) is 0 Å². The Kier molecular flexibility index (Phi) is 7.81. The highest BCUT2D eigenvalue weighted by atomic mass is 16.5. The van der Waals surface area contributed by atoms with Crippen LogP contribution in [0.15, 0.2) is 97.1 Å². The summed E-state index contributed by atoms with van der Waals surface area (Å²) in [5.41, 5.74) is 6.55. The third-order valence-electron chi connectivity index (χ3n) is 5.42. The van der Waals surface area contributed by atoms with Crippen LogP contribution in [-0.2, 0) is 0 Å². The summed E-state index contributed by atoms with van der Waals surface area (Å²) in [6.45, 7) is 2.57. The minimum Gasteiger partial charge on any atom is -0.491 e. The van der Waals surface area contributed by atoms with Crippen molar-refractivity contribution in [1.82, 2.24) is 0 Å². The topological polar surface area (TPSA) is 62.2 Å². The predicted molar refractivity (Wildman–Crippen MR) is 136 cm³/mol. The summed E-state index contributed by atoms with van der Waals surface area (Å²) < 4.78 is 11.0. The highest BCUT2D eigenvalue weighted by Gasteiger charge is 2.13. The van der Waals surface area contributed by atoms with E-state index in [2.05, 4.69) is 60.4 Å². The standard InChI is InChI=1S/C29H29NO4/c1-22-2-4-23(5-3-22)24-6-8-25(9-7-24)30(26-10-14-28(15-11-26)33-20-18-31)27-12-16-29(17-13-27)34-21-19-32/h2-17,31-32H,18-21H2,1H3. The van der Waals surface area contributed by atoms with Crippen molar-refractivity contribution >= 4 is 17.1 Å². The summed E-state index contributed by atoms with van der Waals surface area (Å²) in [6, 6.07) is 32.6. The first-order chi connectivity index (χ1) is 16.7.